The molecular weight excluding hydrogens is 285 g/mol. The third-order valence-corrected chi connectivity index (χ3v) is 3.34. The van der Waals surface area contributed by atoms with Crippen LogP contribution >= 0.6 is 22.6 Å². The molecule has 0 aliphatic heterocycles. The van der Waals surface area contributed by atoms with E-state index >= 15 is 0 Å². The summed E-state index contributed by atoms with van der Waals surface area (Å²) in [6, 6.07) is 8.57. The van der Waals surface area contributed by atoms with Crippen molar-refractivity contribution >= 4 is 22.6 Å². The molecule has 1 aromatic carbocycles. The van der Waals surface area contributed by atoms with Crippen molar-refractivity contribution in [2.24, 2.45) is 11.7 Å². The van der Waals surface area contributed by atoms with E-state index in [1.807, 2.05) is 0 Å². The summed E-state index contributed by atoms with van der Waals surface area (Å²) < 4.78 is 1.28. The van der Waals surface area contributed by atoms with Crippen molar-refractivity contribution in [3.63, 3.8) is 0 Å². The third-order valence-electron chi connectivity index (χ3n) is 2.36. The number of benzene rings is 1. The van der Waals surface area contributed by atoms with E-state index in [0.29, 0.717) is 0 Å². The van der Waals surface area contributed by atoms with E-state index in [1.165, 1.54) is 15.6 Å². The minimum absolute atomic E-state index is 0.200. The van der Waals surface area contributed by atoms with E-state index in [4.69, 9.17) is 5.73 Å². The van der Waals surface area contributed by atoms with Gasteiger partial charge in [0.25, 0.3) is 0 Å². The van der Waals surface area contributed by atoms with Crippen molar-refractivity contribution in [1.82, 2.24) is 0 Å². The number of halogens is 1. The van der Waals surface area contributed by atoms with Gasteiger partial charge in [-0.15, -0.1) is 0 Å². The van der Waals surface area contributed by atoms with Crippen LogP contribution in [-0.4, -0.2) is 0 Å². The summed E-state index contributed by atoms with van der Waals surface area (Å²) in [6.07, 6.45) is 2.28. The van der Waals surface area contributed by atoms with Gasteiger partial charge in [-0.2, -0.15) is 0 Å². The Bertz CT molecular complexity index is 283. The first-order valence-corrected chi connectivity index (χ1v) is 6.19. The second-order valence-electron chi connectivity index (χ2n) is 4.10. The summed E-state index contributed by atoms with van der Waals surface area (Å²) >= 11 is 2.35. The van der Waals surface area contributed by atoms with Gasteiger partial charge in [0.1, 0.15) is 0 Å². The van der Waals surface area contributed by atoms with Crippen LogP contribution in [0.1, 0.15) is 38.3 Å². The highest BCUT2D eigenvalue weighted by Gasteiger charge is 2.09. The molecule has 0 aromatic heterocycles. The maximum absolute atomic E-state index is 6.14. The minimum atomic E-state index is 0.200. The summed E-state index contributed by atoms with van der Waals surface area (Å²) in [5.41, 5.74) is 7.43. The van der Waals surface area contributed by atoms with Crippen molar-refractivity contribution in [3.8, 4) is 0 Å². The van der Waals surface area contributed by atoms with Gasteiger partial charge in [0.2, 0.25) is 0 Å². The van der Waals surface area contributed by atoms with Crippen molar-refractivity contribution in [3.05, 3.63) is 33.4 Å². The van der Waals surface area contributed by atoms with Gasteiger partial charge in [0, 0.05) is 9.61 Å². The third kappa shape index (κ3) is 3.58. The lowest BCUT2D eigenvalue weighted by Gasteiger charge is -2.14. The zero-order valence-electron chi connectivity index (χ0n) is 8.83. The predicted molar refractivity (Wildman–Crippen MR) is 70.2 cm³/mol. The molecule has 0 aliphatic rings. The fraction of sp³-hybridized carbons (Fsp3) is 0.500. The normalized spacial score (nSPS) is 13.2. The summed E-state index contributed by atoms with van der Waals surface area (Å²) in [6.45, 7) is 4.48. The molecule has 78 valence electrons. The first-order valence-electron chi connectivity index (χ1n) is 5.11. The van der Waals surface area contributed by atoms with Gasteiger partial charge in [-0.25, -0.2) is 0 Å². The van der Waals surface area contributed by atoms with E-state index < -0.39 is 0 Å². The Labute approximate surface area is 100 Å². The summed E-state index contributed by atoms with van der Waals surface area (Å²) in [5.74, 6) is 0.738. The molecule has 0 radical (unpaired) electrons. The number of hydrogen-bond acceptors (Lipinski definition) is 1. The molecule has 0 saturated heterocycles. The highest BCUT2D eigenvalue weighted by molar-refractivity contribution is 14.1. The van der Waals surface area contributed by atoms with Crippen LogP contribution in [0.25, 0.3) is 0 Å². The Hall–Kier alpha value is -0.0900. The van der Waals surface area contributed by atoms with Gasteiger partial charge in [-0.3, -0.25) is 0 Å². The minimum Gasteiger partial charge on any atom is -0.324 e. The maximum atomic E-state index is 6.14. The van der Waals surface area contributed by atoms with Crippen LogP contribution in [0.5, 0.6) is 0 Å². The first-order chi connectivity index (χ1) is 6.61. The first kappa shape index (κ1) is 12.0. The Balaban J connectivity index is 2.60. The molecule has 0 aliphatic carbocycles. The Morgan fingerprint density at radius 2 is 1.86 bits per heavy atom. The molecule has 2 heteroatoms. The molecular formula is C12H18IN. The lowest BCUT2D eigenvalue weighted by molar-refractivity contribution is 0.506. The smallest absolute Gasteiger partial charge is 0.0305 e. The number of hydrogen-bond donors (Lipinski definition) is 1. The van der Waals surface area contributed by atoms with Crippen molar-refractivity contribution in [1.29, 1.82) is 0 Å². The van der Waals surface area contributed by atoms with E-state index in [9.17, 15) is 0 Å². The monoisotopic (exact) mass is 303 g/mol. The number of nitrogens with two attached hydrogens (primary N) is 1. The van der Waals surface area contributed by atoms with Crippen LogP contribution in [0.3, 0.4) is 0 Å². The molecule has 0 unspecified atom stereocenters. The van der Waals surface area contributed by atoms with E-state index in [1.54, 1.807) is 0 Å². The van der Waals surface area contributed by atoms with Crippen LogP contribution in [0.2, 0.25) is 0 Å². The second-order valence-corrected chi connectivity index (χ2v) is 5.26. The van der Waals surface area contributed by atoms with Gasteiger partial charge in [-0.05, 0) is 53.0 Å². The SMILES string of the molecule is CC(C)CC[C@@H](N)c1ccccc1I. The molecule has 0 heterocycles. The summed E-state index contributed by atoms with van der Waals surface area (Å²) in [5, 5.41) is 0. The molecule has 0 fully saturated rings. The summed E-state index contributed by atoms with van der Waals surface area (Å²) in [7, 11) is 0. The van der Waals surface area contributed by atoms with Crippen LogP contribution in [-0.2, 0) is 0 Å². The fourth-order valence-electron chi connectivity index (χ4n) is 1.44. The molecule has 0 saturated carbocycles. The molecule has 1 rings (SSSR count). The van der Waals surface area contributed by atoms with Gasteiger partial charge >= 0.3 is 0 Å². The lowest BCUT2D eigenvalue weighted by Crippen LogP contribution is -2.12. The average molecular weight is 303 g/mol. The van der Waals surface area contributed by atoms with Gasteiger partial charge in [-0.1, -0.05) is 32.0 Å². The van der Waals surface area contributed by atoms with Crippen molar-refractivity contribution in [2.75, 3.05) is 0 Å². The van der Waals surface area contributed by atoms with Crippen LogP contribution < -0.4 is 5.73 Å². The molecule has 2 N–H and O–H groups in total. The maximum Gasteiger partial charge on any atom is 0.0305 e. The summed E-state index contributed by atoms with van der Waals surface area (Å²) in [4.78, 5) is 0. The van der Waals surface area contributed by atoms with E-state index in [-0.39, 0.29) is 6.04 Å². The predicted octanol–water partition coefficient (Wildman–Crippen LogP) is 3.73. The Morgan fingerprint density at radius 3 is 2.43 bits per heavy atom. The van der Waals surface area contributed by atoms with Crippen molar-refractivity contribution in [2.45, 2.75) is 32.7 Å². The highest BCUT2D eigenvalue weighted by atomic mass is 127. The highest BCUT2D eigenvalue weighted by Crippen LogP contribution is 2.22. The molecule has 1 atom stereocenters. The zero-order valence-corrected chi connectivity index (χ0v) is 11.0. The zero-order chi connectivity index (χ0) is 10.6. The fourth-order valence-corrected chi connectivity index (χ4v) is 2.23. The molecule has 0 amide bonds. The molecule has 1 nitrogen and oxygen atoms in total. The molecule has 0 spiro atoms. The molecule has 1 aromatic rings. The Morgan fingerprint density at radius 1 is 1.21 bits per heavy atom. The van der Waals surface area contributed by atoms with Gasteiger partial charge in [0.05, 0.1) is 0 Å². The van der Waals surface area contributed by atoms with E-state index in [0.717, 1.165) is 12.3 Å². The topological polar surface area (TPSA) is 26.0 Å². The van der Waals surface area contributed by atoms with Crippen molar-refractivity contribution < 1.29 is 0 Å². The molecule has 14 heavy (non-hydrogen) atoms. The van der Waals surface area contributed by atoms with Gasteiger partial charge < -0.3 is 5.73 Å². The average Bonchev–Trinajstić information content (AvgIpc) is 2.15. The van der Waals surface area contributed by atoms with Gasteiger partial charge in [0.15, 0.2) is 0 Å². The van der Waals surface area contributed by atoms with Crippen LogP contribution in [0.15, 0.2) is 24.3 Å². The standard InChI is InChI=1S/C12H18IN/c1-9(2)7-8-12(14)10-5-3-4-6-11(10)13/h3-6,9,12H,7-8,14H2,1-2H3/t12-/m1/s1. The van der Waals surface area contributed by atoms with E-state index in [2.05, 4.69) is 60.7 Å². The quantitative estimate of drug-likeness (QED) is 0.843. The Kier molecular flexibility index (Phi) is 4.89. The van der Waals surface area contributed by atoms with Crippen LogP contribution in [0.4, 0.5) is 0 Å². The molecule has 0 bridgehead atoms. The van der Waals surface area contributed by atoms with Crippen LogP contribution in [0, 0.1) is 9.49 Å². The lowest BCUT2D eigenvalue weighted by atomic mass is 9.98. The largest absolute Gasteiger partial charge is 0.324 e. The second kappa shape index (κ2) is 5.71. The number of rotatable bonds is 4.